The number of para-hydroxylation sites is 1. The summed E-state index contributed by atoms with van der Waals surface area (Å²) in [6.45, 7) is 15.8. The molecule has 0 spiro atoms. The van der Waals surface area contributed by atoms with Crippen LogP contribution < -0.4 is 10.1 Å². The summed E-state index contributed by atoms with van der Waals surface area (Å²) in [6.07, 6.45) is 0.231. The van der Waals surface area contributed by atoms with Crippen LogP contribution in [0.4, 0.5) is 4.79 Å². The first kappa shape index (κ1) is 49.5. The minimum absolute atomic E-state index is 0.00149. The number of phenols is 1. The molecule has 15 nitrogen and oxygen atoms in total. The van der Waals surface area contributed by atoms with E-state index in [4.69, 9.17) is 28.4 Å². The summed E-state index contributed by atoms with van der Waals surface area (Å²) in [5, 5.41) is 27.0. The third-order valence-corrected chi connectivity index (χ3v) is 13.7. The molecule has 3 aliphatic heterocycles. The Bertz CT molecular complexity index is 2250. The number of ether oxygens (including phenoxy) is 6. The van der Waals surface area contributed by atoms with Gasteiger partial charge in [-0.05, 0) is 90.3 Å². The maximum Gasteiger partial charge on any atom is 0.408 e. The number of phenolic OH excluding ortho intramolecular Hbond substituents is 1. The first-order chi connectivity index (χ1) is 30.7. The van der Waals surface area contributed by atoms with E-state index in [1.165, 1.54) is 14.0 Å². The number of alkyl carbamates (subject to hydrolysis) is 1. The SMILES string of the molecule is CC[C@@H]1OC(=O)[C@H](C)C(=O)[C@H](C)[C@@H](OC2O[C@H](C)C[C@H](N(C)Cc3cc(C)cc(OC)c3O)[C@H]2O)[C@@](C)(OC/C=C/c2cnc3ccccc3c2)C[C@@H](C)C(=O)[C@@H](C)[C@H]2NC(=O)O[C@]12C. The number of cyclic esters (lactones) is 1. The molecule has 354 valence electrons. The number of carbonyl (C=O) groups excluding carboxylic acids is 4. The highest BCUT2D eigenvalue weighted by Crippen LogP contribution is 2.41. The number of ketones is 2. The molecule has 0 bridgehead atoms. The number of hydrogen-bond donors (Lipinski definition) is 3. The predicted molar refractivity (Wildman–Crippen MR) is 243 cm³/mol. The molecule has 3 saturated heterocycles. The number of amides is 1. The van der Waals surface area contributed by atoms with Gasteiger partial charge < -0.3 is 44.0 Å². The molecule has 3 aliphatic rings. The zero-order valence-corrected chi connectivity index (χ0v) is 39.5. The largest absolute Gasteiger partial charge is 0.504 e. The molecule has 6 rings (SSSR count). The fourth-order valence-electron chi connectivity index (χ4n) is 10.1. The van der Waals surface area contributed by atoms with Crippen LogP contribution in [0.5, 0.6) is 11.5 Å². The van der Waals surface area contributed by atoms with Crippen LogP contribution in [0, 0.1) is 30.6 Å². The number of pyridine rings is 1. The highest BCUT2D eigenvalue weighted by molar-refractivity contribution is 6.00. The summed E-state index contributed by atoms with van der Waals surface area (Å²) in [5.74, 6) is -5.12. The zero-order valence-electron chi connectivity index (χ0n) is 39.5. The van der Waals surface area contributed by atoms with Crippen molar-refractivity contribution in [3.8, 4) is 11.5 Å². The third-order valence-electron chi connectivity index (χ3n) is 13.7. The molecule has 0 radical (unpaired) electrons. The summed E-state index contributed by atoms with van der Waals surface area (Å²) in [4.78, 5) is 62.7. The van der Waals surface area contributed by atoms with Gasteiger partial charge in [0.25, 0.3) is 0 Å². The number of nitrogens with zero attached hydrogens (tertiary/aromatic N) is 2. The van der Waals surface area contributed by atoms with Crippen LogP contribution in [-0.2, 0) is 44.6 Å². The molecule has 3 aromatic rings. The van der Waals surface area contributed by atoms with Crippen molar-refractivity contribution in [1.82, 2.24) is 15.2 Å². The van der Waals surface area contributed by atoms with Gasteiger partial charge in [0.1, 0.15) is 23.9 Å². The number of aliphatic hydroxyl groups excluding tert-OH is 1. The normalized spacial score (nSPS) is 34.0. The molecule has 13 atom stereocenters. The van der Waals surface area contributed by atoms with E-state index in [1.54, 1.807) is 53.8 Å². The third kappa shape index (κ3) is 10.5. The predicted octanol–water partition coefficient (Wildman–Crippen LogP) is 6.70. The van der Waals surface area contributed by atoms with E-state index < -0.39 is 95.5 Å². The molecular weight excluding hydrogens is 835 g/mol. The molecule has 1 unspecified atom stereocenters. The van der Waals surface area contributed by atoms with Crippen LogP contribution >= 0.6 is 0 Å². The van der Waals surface area contributed by atoms with Crippen molar-refractivity contribution in [1.29, 1.82) is 0 Å². The number of carbonyl (C=O) groups is 4. The van der Waals surface area contributed by atoms with E-state index in [2.05, 4.69) is 10.3 Å². The van der Waals surface area contributed by atoms with Crippen LogP contribution in [0.25, 0.3) is 17.0 Å². The molecule has 65 heavy (non-hydrogen) atoms. The van der Waals surface area contributed by atoms with Crippen molar-refractivity contribution < 1.29 is 57.8 Å². The fourth-order valence-corrected chi connectivity index (χ4v) is 10.1. The van der Waals surface area contributed by atoms with Gasteiger partial charge in [0.05, 0.1) is 43.1 Å². The highest BCUT2D eigenvalue weighted by Gasteiger charge is 2.57. The molecule has 4 heterocycles. The molecular formula is C50H67N3O12. The number of nitrogens with one attached hydrogen (secondary N) is 1. The van der Waals surface area contributed by atoms with Crippen molar-refractivity contribution in [2.45, 2.75) is 142 Å². The number of rotatable bonds is 11. The molecule has 2 aromatic carbocycles. The number of benzene rings is 2. The van der Waals surface area contributed by atoms with Crippen molar-refractivity contribution in [3.63, 3.8) is 0 Å². The number of aryl methyl sites for hydroxylation is 1. The molecule has 0 aliphatic carbocycles. The summed E-state index contributed by atoms with van der Waals surface area (Å²) in [5.41, 5.74) is 0.330. The smallest absolute Gasteiger partial charge is 0.408 e. The minimum Gasteiger partial charge on any atom is -0.504 e. The molecule has 1 amide bonds. The number of esters is 1. The first-order valence-corrected chi connectivity index (χ1v) is 22.7. The average Bonchev–Trinajstić information content (AvgIpc) is 3.59. The monoisotopic (exact) mass is 901 g/mol. The Morgan fingerprint density at radius 2 is 1.74 bits per heavy atom. The Hall–Kier alpha value is -4.93. The number of methoxy groups -OCH3 is 1. The summed E-state index contributed by atoms with van der Waals surface area (Å²) in [7, 11) is 3.33. The van der Waals surface area contributed by atoms with Gasteiger partial charge in [-0.3, -0.25) is 24.3 Å². The van der Waals surface area contributed by atoms with Gasteiger partial charge in [0.15, 0.2) is 29.2 Å². The zero-order chi connectivity index (χ0) is 47.5. The number of Topliss-reactive ketones (excluding diaryl/α,β-unsaturated/α-hetero) is 2. The standard InChI is InChI=1S/C50H67N3O12/c1-12-39-50(9)44(52-48(59)65-50)30(5)40(54)28(3)24-49(8,61-19-15-16-33-23-34-17-13-14-18-36(34)51-25-33)45(31(6)41(55)32(7)46(58)63-39)64-47-43(57)37(22-29(4)62-47)53(10)26-35-20-27(2)21-38(60-11)42(35)56/h13-18,20-21,23,25,28-32,37,39,43-45,47,56-57H,12,19,22,24,26H2,1-11H3,(H,52,59)/b16-15+/t28-,29-,30-,31+,32-,37+,39+,43-,44-,45-,47?,49+,50-/m1/s1. The van der Waals surface area contributed by atoms with Gasteiger partial charge in [-0.25, -0.2) is 4.79 Å². The number of aromatic nitrogens is 1. The highest BCUT2D eigenvalue weighted by atomic mass is 16.7. The van der Waals surface area contributed by atoms with Crippen LogP contribution in [-0.4, -0.2) is 118 Å². The lowest BCUT2D eigenvalue weighted by Gasteiger charge is -2.47. The Balaban J connectivity index is 1.38. The topological polar surface area (TPSA) is 192 Å². The quantitative estimate of drug-likeness (QED) is 0.136. The fraction of sp³-hybridized carbons (Fsp3) is 0.580. The summed E-state index contributed by atoms with van der Waals surface area (Å²) >= 11 is 0. The van der Waals surface area contributed by atoms with E-state index in [0.29, 0.717) is 17.7 Å². The lowest BCUT2D eigenvalue weighted by Crippen LogP contribution is -2.60. The average molecular weight is 902 g/mol. The second-order valence-electron chi connectivity index (χ2n) is 18.8. The van der Waals surface area contributed by atoms with Gasteiger partial charge in [0, 0.05) is 47.5 Å². The van der Waals surface area contributed by atoms with Crippen LogP contribution in [0.2, 0.25) is 0 Å². The molecule has 0 saturated carbocycles. The lowest BCUT2D eigenvalue weighted by atomic mass is 9.73. The summed E-state index contributed by atoms with van der Waals surface area (Å²) < 4.78 is 37.3. The Morgan fingerprint density at radius 1 is 1.02 bits per heavy atom. The van der Waals surface area contributed by atoms with E-state index in [-0.39, 0.29) is 37.5 Å². The molecule has 15 heteroatoms. The van der Waals surface area contributed by atoms with Crippen molar-refractivity contribution in [3.05, 3.63) is 71.4 Å². The van der Waals surface area contributed by atoms with Crippen molar-refractivity contribution in [2.75, 3.05) is 20.8 Å². The van der Waals surface area contributed by atoms with Gasteiger partial charge in [-0.1, -0.05) is 64.1 Å². The maximum absolute atomic E-state index is 14.7. The van der Waals surface area contributed by atoms with Gasteiger partial charge in [-0.2, -0.15) is 0 Å². The molecule has 3 N–H and O–H groups in total. The van der Waals surface area contributed by atoms with Gasteiger partial charge in [0.2, 0.25) is 0 Å². The van der Waals surface area contributed by atoms with E-state index in [1.807, 2.05) is 74.3 Å². The number of hydrogen-bond acceptors (Lipinski definition) is 14. The van der Waals surface area contributed by atoms with Crippen LogP contribution in [0.1, 0.15) is 91.3 Å². The van der Waals surface area contributed by atoms with Gasteiger partial charge in [-0.15, -0.1) is 0 Å². The molecule has 1 aromatic heterocycles. The Morgan fingerprint density at radius 3 is 2.45 bits per heavy atom. The Kier molecular flexibility index (Phi) is 15.5. The number of aliphatic hydroxyl groups is 1. The lowest BCUT2D eigenvalue weighted by molar-refractivity contribution is -0.297. The molecule has 3 fully saturated rings. The van der Waals surface area contributed by atoms with E-state index in [9.17, 15) is 29.4 Å². The minimum atomic E-state index is -1.44. The Labute approximate surface area is 382 Å². The van der Waals surface area contributed by atoms with Crippen LogP contribution in [0.15, 0.2) is 54.7 Å². The maximum atomic E-state index is 14.7. The first-order valence-electron chi connectivity index (χ1n) is 22.7. The number of fused-ring (bicyclic) bond motifs is 2. The summed E-state index contributed by atoms with van der Waals surface area (Å²) in [6, 6.07) is 12.0. The second-order valence-corrected chi connectivity index (χ2v) is 18.8. The van der Waals surface area contributed by atoms with Gasteiger partial charge >= 0.3 is 12.1 Å². The van der Waals surface area contributed by atoms with E-state index >= 15 is 0 Å². The second kappa shape index (κ2) is 20.3. The number of likely N-dealkylation sites (N-methyl/N-ethyl adjacent to an activating group) is 1. The number of aromatic hydroxyl groups is 1. The van der Waals surface area contributed by atoms with Crippen LogP contribution in [0.3, 0.4) is 0 Å². The van der Waals surface area contributed by atoms with Crippen molar-refractivity contribution in [2.24, 2.45) is 23.7 Å². The van der Waals surface area contributed by atoms with Crippen molar-refractivity contribution >= 4 is 40.6 Å². The van der Waals surface area contributed by atoms with E-state index in [0.717, 1.165) is 22.0 Å².